The molecule has 3 aromatic rings. The van der Waals surface area contributed by atoms with Crippen LogP contribution in [0.4, 0.5) is 15.3 Å². The van der Waals surface area contributed by atoms with E-state index in [4.69, 9.17) is 4.74 Å². The lowest BCUT2D eigenvalue weighted by Gasteiger charge is -2.28. The van der Waals surface area contributed by atoms with Crippen molar-refractivity contribution in [2.75, 3.05) is 19.0 Å². The van der Waals surface area contributed by atoms with E-state index in [1.165, 1.54) is 12.7 Å². The van der Waals surface area contributed by atoms with Crippen molar-refractivity contribution in [1.29, 1.82) is 0 Å². The van der Waals surface area contributed by atoms with Gasteiger partial charge < -0.3 is 20.3 Å². The minimum absolute atomic E-state index is 0.269. The molecule has 0 spiro atoms. The Balaban J connectivity index is 1.49. The van der Waals surface area contributed by atoms with Gasteiger partial charge in [-0.1, -0.05) is 66.7 Å². The molecule has 0 atom stereocenters. The molecule has 31 heavy (non-hydrogen) atoms. The molecule has 0 saturated carbocycles. The molecule has 0 aliphatic carbocycles. The molecule has 2 N–H and O–H groups in total. The van der Waals surface area contributed by atoms with Gasteiger partial charge in [-0.3, -0.25) is 0 Å². The van der Waals surface area contributed by atoms with Crippen molar-refractivity contribution in [1.82, 2.24) is 10.2 Å². The zero-order valence-electron chi connectivity index (χ0n) is 17.4. The van der Waals surface area contributed by atoms with Crippen LogP contribution in [0.25, 0.3) is 0 Å². The topological polar surface area (TPSA) is 70.7 Å². The smallest absolute Gasteiger partial charge is 0.409 e. The normalized spacial score (nSPS) is 12.8. The number of urea groups is 1. The third-order valence-electron chi connectivity index (χ3n) is 5.45. The number of carbonyl (C=O) groups excluding carboxylic acids is 2. The van der Waals surface area contributed by atoms with Crippen LogP contribution >= 0.6 is 0 Å². The number of ether oxygens (including phenoxy) is 1. The van der Waals surface area contributed by atoms with E-state index in [1.807, 2.05) is 78.9 Å². The Hall–Kier alpha value is -3.80. The first kappa shape index (κ1) is 20.5. The first-order valence-corrected chi connectivity index (χ1v) is 10.3. The molecule has 0 unspecified atom stereocenters. The van der Waals surface area contributed by atoms with Crippen LogP contribution in [0.1, 0.15) is 28.3 Å². The van der Waals surface area contributed by atoms with Gasteiger partial charge in [0.25, 0.3) is 0 Å². The number of rotatable bonds is 4. The van der Waals surface area contributed by atoms with Gasteiger partial charge in [-0.15, -0.1) is 0 Å². The quantitative estimate of drug-likeness (QED) is 0.648. The molecule has 3 aromatic carbocycles. The highest BCUT2D eigenvalue weighted by Gasteiger charge is 2.22. The van der Waals surface area contributed by atoms with Crippen molar-refractivity contribution in [3.05, 3.63) is 101 Å². The number of fused-ring (bicyclic) bond motifs is 1. The molecule has 1 heterocycles. The van der Waals surface area contributed by atoms with E-state index in [2.05, 4.69) is 10.6 Å². The summed E-state index contributed by atoms with van der Waals surface area (Å²) in [4.78, 5) is 26.4. The van der Waals surface area contributed by atoms with E-state index in [-0.39, 0.29) is 18.2 Å². The number of anilines is 1. The third-order valence-corrected chi connectivity index (χ3v) is 5.45. The summed E-state index contributed by atoms with van der Waals surface area (Å²) in [6.45, 7) is 1.10. The third kappa shape index (κ3) is 4.86. The molecular formula is C25H25N3O3. The highest BCUT2D eigenvalue weighted by atomic mass is 16.5. The Bertz CT molecular complexity index is 1010. The van der Waals surface area contributed by atoms with Gasteiger partial charge in [-0.2, -0.15) is 0 Å². The first-order chi connectivity index (χ1) is 15.1. The molecule has 0 fully saturated rings. The second kappa shape index (κ2) is 9.34. The highest BCUT2D eigenvalue weighted by Crippen LogP contribution is 2.24. The van der Waals surface area contributed by atoms with Crippen LogP contribution < -0.4 is 10.6 Å². The number of amides is 3. The van der Waals surface area contributed by atoms with Crippen molar-refractivity contribution >= 4 is 17.8 Å². The molecular weight excluding hydrogens is 390 g/mol. The molecule has 3 amide bonds. The van der Waals surface area contributed by atoms with Crippen LogP contribution in [-0.4, -0.2) is 30.7 Å². The Morgan fingerprint density at radius 1 is 0.903 bits per heavy atom. The predicted octanol–water partition coefficient (Wildman–Crippen LogP) is 4.72. The molecule has 6 nitrogen and oxygen atoms in total. The summed E-state index contributed by atoms with van der Waals surface area (Å²) in [5.74, 6) is 0. The Morgan fingerprint density at radius 3 is 2.16 bits per heavy atom. The molecule has 0 aromatic heterocycles. The molecule has 158 valence electrons. The SMILES string of the molecule is COC(=O)N1CCc2ccc(NC(=O)NC(c3ccccc3)c3ccccc3)cc2C1. The van der Waals surface area contributed by atoms with Gasteiger partial charge in [0.05, 0.1) is 13.2 Å². The summed E-state index contributed by atoms with van der Waals surface area (Å²) in [7, 11) is 1.38. The molecule has 1 aliphatic rings. The average molecular weight is 415 g/mol. The van der Waals surface area contributed by atoms with Gasteiger partial charge in [0.2, 0.25) is 0 Å². The lowest BCUT2D eigenvalue weighted by molar-refractivity contribution is 0.118. The maximum Gasteiger partial charge on any atom is 0.409 e. The van der Waals surface area contributed by atoms with Gasteiger partial charge >= 0.3 is 12.1 Å². The maximum absolute atomic E-state index is 12.8. The number of nitrogens with zero attached hydrogens (tertiary/aromatic N) is 1. The Kier molecular flexibility index (Phi) is 6.17. The number of carbonyl (C=O) groups is 2. The van der Waals surface area contributed by atoms with E-state index in [1.54, 1.807) is 4.90 Å². The molecule has 0 saturated heterocycles. The standard InChI is InChI=1S/C25H25N3O3/c1-31-25(30)28-15-14-18-12-13-22(16-21(18)17-28)26-24(29)27-23(19-8-4-2-5-9-19)20-10-6-3-7-11-20/h2-13,16,23H,14-15,17H2,1H3,(H2,26,27,29). The maximum atomic E-state index is 12.8. The van der Waals surface area contributed by atoms with Crippen LogP contribution in [-0.2, 0) is 17.7 Å². The van der Waals surface area contributed by atoms with E-state index in [0.717, 1.165) is 23.1 Å². The number of hydrogen-bond acceptors (Lipinski definition) is 3. The Morgan fingerprint density at radius 2 is 1.55 bits per heavy atom. The molecule has 1 aliphatic heterocycles. The summed E-state index contributed by atoms with van der Waals surface area (Å²) in [6, 6.07) is 25.0. The van der Waals surface area contributed by atoms with Crippen LogP contribution in [0.5, 0.6) is 0 Å². The number of nitrogens with one attached hydrogen (secondary N) is 2. The van der Waals surface area contributed by atoms with Crippen molar-refractivity contribution in [2.45, 2.75) is 19.0 Å². The van der Waals surface area contributed by atoms with Crippen LogP contribution in [0.15, 0.2) is 78.9 Å². The minimum Gasteiger partial charge on any atom is -0.453 e. The summed E-state index contributed by atoms with van der Waals surface area (Å²) in [6.07, 6.45) is 0.427. The predicted molar refractivity (Wildman–Crippen MR) is 120 cm³/mol. The van der Waals surface area contributed by atoms with Gasteiger partial charge in [0, 0.05) is 18.8 Å². The van der Waals surface area contributed by atoms with E-state index in [9.17, 15) is 9.59 Å². The fourth-order valence-corrected chi connectivity index (χ4v) is 3.87. The number of methoxy groups -OCH3 is 1. The van der Waals surface area contributed by atoms with Gasteiger partial charge in [0.15, 0.2) is 0 Å². The molecule has 4 rings (SSSR count). The number of benzene rings is 3. The molecule has 0 radical (unpaired) electrons. The van der Waals surface area contributed by atoms with Crippen LogP contribution in [0, 0.1) is 0 Å². The monoisotopic (exact) mass is 415 g/mol. The summed E-state index contributed by atoms with van der Waals surface area (Å²) >= 11 is 0. The summed E-state index contributed by atoms with van der Waals surface area (Å²) in [5, 5.41) is 6.02. The zero-order valence-corrected chi connectivity index (χ0v) is 17.4. The Labute approximate surface area is 181 Å². The lowest BCUT2D eigenvalue weighted by atomic mass is 9.99. The van der Waals surface area contributed by atoms with Gasteiger partial charge in [-0.25, -0.2) is 9.59 Å². The number of hydrogen-bond donors (Lipinski definition) is 2. The molecule has 0 bridgehead atoms. The van der Waals surface area contributed by atoms with E-state index < -0.39 is 0 Å². The molecule has 6 heteroatoms. The van der Waals surface area contributed by atoms with Gasteiger partial charge in [0.1, 0.15) is 0 Å². The summed E-state index contributed by atoms with van der Waals surface area (Å²) in [5.41, 5.74) is 4.88. The van der Waals surface area contributed by atoms with Crippen molar-refractivity contribution in [3.8, 4) is 0 Å². The fraction of sp³-hybridized carbons (Fsp3) is 0.200. The first-order valence-electron chi connectivity index (χ1n) is 10.3. The second-order valence-electron chi connectivity index (χ2n) is 7.48. The van der Waals surface area contributed by atoms with Crippen molar-refractivity contribution < 1.29 is 14.3 Å². The van der Waals surface area contributed by atoms with Crippen molar-refractivity contribution in [2.24, 2.45) is 0 Å². The summed E-state index contributed by atoms with van der Waals surface area (Å²) < 4.78 is 4.83. The van der Waals surface area contributed by atoms with E-state index >= 15 is 0 Å². The van der Waals surface area contributed by atoms with Crippen LogP contribution in [0.3, 0.4) is 0 Å². The second-order valence-corrected chi connectivity index (χ2v) is 7.48. The largest absolute Gasteiger partial charge is 0.453 e. The zero-order chi connectivity index (χ0) is 21.6. The van der Waals surface area contributed by atoms with Crippen molar-refractivity contribution in [3.63, 3.8) is 0 Å². The lowest BCUT2D eigenvalue weighted by Crippen LogP contribution is -2.36. The van der Waals surface area contributed by atoms with Crippen LogP contribution in [0.2, 0.25) is 0 Å². The minimum atomic E-state index is -0.338. The average Bonchev–Trinajstić information content (AvgIpc) is 2.82. The van der Waals surface area contributed by atoms with E-state index in [0.29, 0.717) is 18.8 Å². The van der Waals surface area contributed by atoms with Gasteiger partial charge in [-0.05, 0) is 40.8 Å². The fourth-order valence-electron chi connectivity index (χ4n) is 3.87. The highest BCUT2D eigenvalue weighted by molar-refractivity contribution is 5.90.